The molecule has 1 aromatic rings. The molecule has 15 heavy (non-hydrogen) atoms. The van der Waals surface area contributed by atoms with Gasteiger partial charge in [0, 0.05) is 6.42 Å². The first-order chi connectivity index (χ1) is 7.13. The highest BCUT2D eigenvalue weighted by Gasteiger charge is 2.04. The van der Waals surface area contributed by atoms with E-state index in [2.05, 4.69) is 17.4 Å². The van der Waals surface area contributed by atoms with E-state index in [4.69, 9.17) is 0 Å². The molecule has 0 amide bonds. The van der Waals surface area contributed by atoms with E-state index in [9.17, 15) is 4.79 Å². The number of carbonyl (C=O) groups is 1. The summed E-state index contributed by atoms with van der Waals surface area (Å²) in [6.07, 6.45) is 1.04. The second-order valence-electron chi connectivity index (χ2n) is 3.55. The molecule has 0 atom stereocenters. The highest BCUT2D eigenvalue weighted by Crippen LogP contribution is 2.18. The van der Waals surface area contributed by atoms with Crippen LogP contribution in [0.15, 0.2) is 30.8 Å². The van der Waals surface area contributed by atoms with Crippen LogP contribution in [0.5, 0.6) is 0 Å². The number of methoxy groups -OCH3 is 1. The maximum absolute atomic E-state index is 11.0. The van der Waals surface area contributed by atoms with Crippen LogP contribution in [0.4, 0.5) is 0 Å². The number of carbonyl (C=O) groups excluding carboxylic acids is 1. The van der Waals surface area contributed by atoms with Gasteiger partial charge in [-0.05, 0) is 24.5 Å². The summed E-state index contributed by atoms with van der Waals surface area (Å²) < 4.78 is 4.58. The van der Waals surface area contributed by atoms with Crippen molar-refractivity contribution in [2.45, 2.75) is 19.8 Å². The molecule has 0 aliphatic carbocycles. The van der Waals surface area contributed by atoms with Crippen molar-refractivity contribution >= 4 is 11.5 Å². The Kier molecular flexibility index (Phi) is 4.10. The van der Waals surface area contributed by atoms with E-state index in [-0.39, 0.29) is 5.97 Å². The SMILES string of the molecule is C=C(CCC(=O)OC)c1cccc(C)c1. The van der Waals surface area contributed by atoms with Gasteiger partial charge in [-0.3, -0.25) is 4.79 Å². The molecule has 80 valence electrons. The number of hydrogen-bond acceptors (Lipinski definition) is 2. The summed E-state index contributed by atoms with van der Waals surface area (Å²) in [7, 11) is 1.40. The van der Waals surface area contributed by atoms with Gasteiger partial charge in [0.1, 0.15) is 0 Å². The Morgan fingerprint density at radius 3 is 2.73 bits per heavy atom. The lowest BCUT2D eigenvalue weighted by atomic mass is 10.0. The molecule has 2 heteroatoms. The van der Waals surface area contributed by atoms with Gasteiger partial charge in [-0.25, -0.2) is 0 Å². The smallest absolute Gasteiger partial charge is 0.305 e. The second kappa shape index (κ2) is 5.35. The van der Waals surface area contributed by atoms with E-state index in [1.165, 1.54) is 12.7 Å². The molecule has 0 spiro atoms. The number of hydrogen-bond donors (Lipinski definition) is 0. The molecule has 0 aliphatic rings. The first kappa shape index (κ1) is 11.5. The summed E-state index contributed by atoms with van der Waals surface area (Å²) in [5.41, 5.74) is 3.27. The Balaban J connectivity index is 2.58. The molecule has 0 fully saturated rings. The van der Waals surface area contributed by atoms with E-state index in [1.807, 2.05) is 25.1 Å². The largest absolute Gasteiger partial charge is 0.469 e. The highest BCUT2D eigenvalue weighted by atomic mass is 16.5. The van der Waals surface area contributed by atoms with E-state index < -0.39 is 0 Å². The van der Waals surface area contributed by atoms with Crippen LogP contribution in [-0.4, -0.2) is 13.1 Å². The fourth-order valence-electron chi connectivity index (χ4n) is 1.36. The van der Waals surface area contributed by atoms with Crippen molar-refractivity contribution < 1.29 is 9.53 Å². The number of ether oxygens (including phenoxy) is 1. The average Bonchev–Trinajstić information content (AvgIpc) is 2.25. The molecule has 0 saturated heterocycles. The Morgan fingerprint density at radius 2 is 2.13 bits per heavy atom. The lowest BCUT2D eigenvalue weighted by molar-refractivity contribution is -0.140. The van der Waals surface area contributed by atoms with Gasteiger partial charge in [0.15, 0.2) is 0 Å². The molecule has 0 saturated carbocycles. The Labute approximate surface area is 90.6 Å². The normalized spacial score (nSPS) is 9.73. The maximum atomic E-state index is 11.0. The highest BCUT2D eigenvalue weighted by molar-refractivity contribution is 5.73. The van der Waals surface area contributed by atoms with Crippen molar-refractivity contribution in [3.63, 3.8) is 0 Å². The number of benzene rings is 1. The molecule has 2 nitrogen and oxygen atoms in total. The van der Waals surface area contributed by atoms with Gasteiger partial charge in [-0.2, -0.15) is 0 Å². The van der Waals surface area contributed by atoms with Crippen LogP contribution >= 0.6 is 0 Å². The lowest BCUT2D eigenvalue weighted by Crippen LogP contribution is -1.99. The zero-order valence-corrected chi connectivity index (χ0v) is 9.25. The second-order valence-corrected chi connectivity index (χ2v) is 3.55. The van der Waals surface area contributed by atoms with E-state index in [0.29, 0.717) is 12.8 Å². The molecule has 0 bridgehead atoms. The summed E-state index contributed by atoms with van der Waals surface area (Å²) in [5, 5.41) is 0. The lowest BCUT2D eigenvalue weighted by Gasteiger charge is -2.05. The Bertz CT molecular complexity index is 367. The molecule has 0 heterocycles. The fourth-order valence-corrected chi connectivity index (χ4v) is 1.36. The van der Waals surface area contributed by atoms with Gasteiger partial charge >= 0.3 is 5.97 Å². The monoisotopic (exact) mass is 204 g/mol. The van der Waals surface area contributed by atoms with Gasteiger partial charge in [0.2, 0.25) is 0 Å². The topological polar surface area (TPSA) is 26.3 Å². The summed E-state index contributed by atoms with van der Waals surface area (Å²) in [6.45, 7) is 6.00. The fraction of sp³-hybridized carbons (Fsp3) is 0.308. The van der Waals surface area contributed by atoms with Gasteiger partial charge in [-0.15, -0.1) is 0 Å². The average molecular weight is 204 g/mol. The van der Waals surface area contributed by atoms with Crippen molar-refractivity contribution in [1.29, 1.82) is 0 Å². The summed E-state index contributed by atoms with van der Waals surface area (Å²) in [5.74, 6) is -0.191. The van der Waals surface area contributed by atoms with Gasteiger partial charge in [0.05, 0.1) is 7.11 Å². The van der Waals surface area contributed by atoms with E-state index in [0.717, 1.165) is 11.1 Å². The Morgan fingerprint density at radius 1 is 1.40 bits per heavy atom. The molecule has 0 aromatic heterocycles. The van der Waals surface area contributed by atoms with Crippen LogP contribution < -0.4 is 0 Å². The van der Waals surface area contributed by atoms with Crippen LogP contribution in [0.25, 0.3) is 5.57 Å². The maximum Gasteiger partial charge on any atom is 0.305 e. The van der Waals surface area contributed by atoms with E-state index in [1.54, 1.807) is 0 Å². The molecule has 0 radical (unpaired) electrons. The van der Waals surface area contributed by atoms with Gasteiger partial charge < -0.3 is 4.74 Å². The van der Waals surface area contributed by atoms with Crippen molar-refractivity contribution in [3.05, 3.63) is 42.0 Å². The third kappa shape index (κ3) is 3.58. The first-order valence-corrected chi connectivity index (χ1v) is 4.95. The standard InChI is InChI=1S/C13H16O2/c1-10-5-4-6-12(9-10)11(2)7-8-13(14)15-3/h4-6,9H,2,7-8H2,1,3H3. The van der Waals surface area contributed by atoms with Crippen molar-refractivity contribution in [2.75, 3.05) is 7.11 Å². The Hall–Kier alpha value is -1.57. The van der Waals surface area contributed by atoms with E-state index >= 15 is 0 Å². The molecule has 1 rings (SSSR count). The molecule has 0 aliphatic heterocycles. The molecule has 0 unspecified atom stereocenters. The van der Waals surface area contributed by atoms with Crippen LogP contribution in [0.3, 0.4) is 0 Å². The number of esters is 1. The molecular formula is C13H16O2. The van der Waals surface area contributed by atoms with Crippen LogP contribution in [-0.2, 0) is 9.53 Å². The van der Waals surface area contributed by atoms with Crippen LogP contribution in [0.2, 0.25) is 0 Å². The van der Waals surface area contributed by atoms with Crippen molar-refractivity contribution in [2.24, 2.45) is 0 Å². The first-order valence-electron chi connectivity index (χ1n) is 4.95. The van der Waals surface area contributed by atoms with Crippen LogP contribution in [0, 0.1) is 6.92 Å². The summed E-state index contributed by atoms with van der Waals surface area (Å²) in [6, 6.07) is 8.11. The zero-order valence-electron chi connectivity index (χ0n) is 9.25. The van der Waals surface area contributed by atoms with Crippen molar-refractivity contribution in [1.82, 2.24) is 0 Å². The van der Waals surface area contributed by atoms with Crippen LogP contribution in [0.1, 0.15) is 24.0 Å². The third-order valence-electron chi connectivity index (χ3n) is 2.28. The third-order valence-corrected chi connectivity index (χ3v) is 2.28. The quantitative estimate of drug-likeness (QED) is 0.705. The number of rotatable bonds is 4. The zero-order chi connectivity index (χ0) is 11.3. The van der Waals surface area contributed by atoms with Gasteiger partial charge in [-0.1, -0.05) is 36.4 Å². The molecule has 1 aromatic carbocycles. The summed E-state index contributed by atoms with van der Waals surface area (Å²) in [4.78, 5) is 11.0. The minimum atomic E-state index is -0.191. The number of allylic oxidation sites excluding steroid dienone is 1. The molecular weight excluding hydrogens is 188 g/mol. The van der Waals surface area contributed by atoms with Crippen molar-refractivity contribution in [3.8, 4) is 0 Å². The minimum absolute atomic E-state index is 0.191. The predicted molar refractivity (Wildman–Crippen MR) is 61.5 cm³/mol. The predicted octanol–water partition coefficient (Wildman–Crippen LogP) is 2.96. The number of aryl methyl sites for hydroxylation is 1. The van der Waals surface area contributed by atoms with Gasteiger partial charge in [0.25, 0.3) is 0 Å². The summed E-state index contributed by atoms with van der Waals surface area (Å²) >= 11 is 0. The minimum Gasteiger partial charge on any atom is -0.469 e. The molecule has 0 N–H and O–H groups in total.